The Morgan fingerprint density at radius 1 is 1.28 bits per heavy atom. The molecule has 2 heterocycles. The lowest BCUT2D eigenvalue weighted by Crippen LogP contribution is -2.42. The minimum absolute atomic E-state index is 0. The second-order valence-electron chi connectivity index (χ2n) is 6.44. The first kappa shape index (κ1) is 20.1. The molecule has 2 saturated heterocycles. The summed E-state index contributed by atoms with van der Waals surface area (Å²) in [6, 6.07) is 5.11. The highest BCUT2D eigenvalue weighted by molar-refractivity contribution is 5.95. The third kappa shape index (κ3) is 4.70. The fraction of sp³-hybridized carbons (Fsp3) is 0.611. The first-order chi connectivity index (χ1) is 11.7. The Morgan fingerprint density at radius 2 is 2.08 bits per heavy atom. The number of fused-ring (bicyclic) bond motifs is 2. The van der Waals surface area contributed by atoms with Gasteiger partial charge in [-0.3, -0.25) is 4.79 Å². The number of nitrogens with one attached hydrogen (secondary N) is 1. The van der Waals surface area contributed by atoms with Crippen molar-refractivity contribution >= 4 is 18.3 Å². The molecule has 0 spiro atoms. The summed E-state index contributed by atoms with van der Waals surface area (Å²) in [6.07, 6.45) is 3.08. The maximum absolute atomic E-state index is 14.0. The summed E-state index contributed by atoms with van der Waals surface area (Å²) in [6.45, 7) is 2.80. The quantitative estimate of drug-likeness (QED) is 0.779. The van der Waals surface area contributed by atoms with E-state index in [4.69, 9.17) is 9.47 Å². The predicted molar refractivity (Wildman–Crippen MR) is 95.6 cm³/mol. The Bertz CT molecular complexity index is 573. The van der Waals surface area contributed by atoms with Gasteiger partial charge in [0, 0.05) is 36.9 Å². The van der Waals surface area contributed by atoms with Crippen LogP contribution in [0.3, 0.4) is 0 Å². The van der Waals surface area contributed by atoms with E-state index in [1.807, 2.05) is 4.90 Å². The molecule has 0 radical (unpaired) electrons. The Balaban J connectivity index is 0.00000225. The zero-order valence-electron chi connectivity index (χ0n) is 14.5. The van der Waals surface area contributed by atoms with Crippen molar-refractivity contribution in [2.24, 2.45) is 0 Å². The lowest BCUT2D eigenvalue weighted by atomic mass is 10.1. The topological polar surface area (TPSA) is 50.8 Å². The molecular weight excluding hydrogens is 347 g/mol. The number of benzene rings is 1. The van der Waals surface area contributed by atoms with Crippen molar-refractivity contribution in [2.75, 3.05) is 33.4 Å². The Morgan fingerprint density at radius 3 is 2.88 bits per heavy atom. The molecule has 2 atom stereocenters. The van der Waals surface area contributed by atoms with E-state index >= 15 is 0 Å². The van der Waals surface area contributed by atoms with Crippen LogP contribution < -0.4 is 5.32 Å². The molecule has 1 amide bonds. The summed E-state index contributed by atoms with van der Waals surface area (Å²) in [5, 5.41) is 3.39. The van der Waals surface area contributed by atoms with E-state index in [0.29, 0.717) is 30.4 Å². The van der Waals surface area contributed by atoms with Crippen LogP contribution in [0.5, 0.6) is 0 Å². The van der Waals surface area contributed by atoms with Gasteiger partial charge in [0.15, 0.2) is 0 Å². The number of ether oxygens (including phenoxy) is 2. The minimum atomic E-state index is -0.343. The summed E-state index contributed by atoms with van der Waals surface area (Å²) in [7, 11) is 1.59. The number of carbonyl (C=O) groups excluding carboxylic acids is 1. The molecular formula is C18H26ClFN2O3. The largest absolute Gasteiger partial charge is 0.382 e. The summed E-state index contributed by atoms with van der Waals surface area (Å²) in [4.78, 5) is 15.0. The zero-order chi connectivity index (χ0) is 16.9. The highest BCUT2D eigenvalue weighted by Crippen LogP contribution is 2.30. The van der Waals surface area contributed by atoms with Gasteiger partial charge in [-0.1, -0.05) is 0 Å². The van der Waals surface area contributed by atoms with Crippen LogP contribution in [-0.2, 0) is 16.1 Å². The van der Waals surface area contributed by atoms with E-state index in [0.717, 1.165) is 32.4 Å². The zero-order valence-corrected chi connectivity index (χ0v) is 15.3. The van der Waals surface area contributed by atoms with E-state index in [1.54, 1.807) is 19.2 Å². The van der Waals surface area contributed by atoms with E-state index in [2.05, 4.69) is 5.32 Å². The number of hydrogen-bond acceptors (Lipinski definition) is 4. The van der Waals surface area contributed by atoms with Crippen LogP contribution in [0.1, 0.15) is 35.2 Å². The molecule has 1 aromatic rings. The van der Waals surface area contributed by atoms with Crippen molar-refractivity contribution < 1.29 is 18.7 Å². The van der Waals surface area contributed by atoms with Crippen LogP contribution >= 0.6 is 12.4 Å². The fourth-order valence-electron chi connectivity index (χ4n) is 3.61. The minimum Gasteiger partial charge on any atom is -0.382 e. The molecule has 3 rings (SSSR count). The molecule has 2 aliphatic rings. The molecule has 0 aliphatic carbocycles. The number of methoxy groups -OCH3 is 1. The van der Waals surface area contributed by atoms with Crippen LogP contribution in [0, 0.1) is 5.82 Å². The maximum atomic E-state index is 14.0. The molecule has 140 valence electrons. The van der Waals surface area contributed by atoms with Crippen LogP contribution in [-0.4, -0.2) is 56.3 Å². The molecule has 2 unspecified atom stereocenters. The summed E-state index contributed by atoms with van der Waals surface area (Å²) >= 11 is 0. The number of carbonyl (C=O) groups is 1. The third-order valence-corrected chi connectivity index (χ3v) is 4.87. The molecule has 0 saturated carbocycles. The first-order valence-electron chi connectivity index (χ1n) is 8.59. The Hall–Kier alpha value is -1.21. The van der Waals surface area contributed by atoms with Crippen molar-refractivity contribution in [3.63, 3.8) is 0 Å². The first-order valence-corrected chi connectivity index (χ1v) is 8.59. The van der Waals surface area contributed by atoms with Gasteiger partial charge in [-0.15, -0.1) is 12.4 Å². The highest BCUT2D eigenvalue weighted by atomic mass is 35.5. The average Bonchev–Trinajstić information content (AvgIpc) is 2.85. The van der Waals surface area contributed by atoms with Gasteiger partial charge >= 0.3 is 0 Å². The number of nitrogens with zero attached hydrogens (tertiary/aromatic N) is 1. The number of amides is 1. The predicted octanol–water partition coefficient (Wildman–Crippen LogP) is 2.38. The average molecular weight is 373 g/mol. The maximum Gasteiger partial charge on any atom is 0.254 e. The van der Waals surface area contributed by atoms with Crippen LogP contribution in [0.2, 0.25) is 0 Å². The number of rotatable bonds is 6. The van der Waals surface area contributed by atoms with Gasteiger partial charge in [0.1, 0.15) is 5.82 Å². The van der Waals surface area contributed by atoms with E-state index < -0.39 is 0 Å². The van der Waals surface area contributed by atoms with Crippen molar-refractivity contribution in [3.8, 4) is 0 Å². The molecule has 2 aliphatic heterocycles. The van der Waals surface area contributed by atoms with E-state index in [1.165, 1.54) is 6.07 Å². The lowest BCUT2D eigenvalue weighted by Gasteiger charge is -2.28. The highest BCUT2D eigenvalue weighted by Gasteiger charge is 2.38. The molecule has 2 bridgehead atoms. The standard InChI is InChI=1S/C18H25FN2O3.ClH/c1-23-8-9-24-12-14-10-13(2-5-17(14)19)18(22)21-15-3-4-16(21)11-20-7-6-15;/h2,5,10,15-16,20H,3-4,6-9,11-12H2,1H3;1H. The van der Waals surface area contributed by atoms with Crippen molar-refractivity contribution in [2.45, 2.75) is 38.0 Å². The molecule has 2 fully saturated rings. The van der Waals surface area contributed by atoms with Crippen LogP contribution in [0.15, 0.2) is 18.2 Å². The van der Waals surface area contributed by atoms with Crippen LogP contribution in [0.4, 0.5) is 4.39 Å². The summed E-state index contributed by atoms with van der Waals surface area (Å²) < 4.78 is 24.3. The Labute approximate surface area is 154 Å². The summed E-state index contributed by atoms with van der Waals surface area (Å²) in [5.74, 6) is -0.339. The smallest absolute Gasteiger partial charge is 0.254 e. The van der Waals surface area contributed by atoms with Gasteiger partial charge in [-0.25, -0.2) is 4.39 Å². The van der Waals surface area contributed by atoms with Crippen molar-refractivity contribution in [1.29, 1.82) is 0 Å². The Kier molecular flexibility index (Phi) is 7.62. The van der Waals surface area contributed by atoms with E-state index in [-0.39, 0.29) is 36.8 Å². The number of halogens is 2. The SMILES string of the molecule is COCCOCc1cc(C(=O)N2C3CCNCC2CC3)ccc1F.Cl. The monoisotopic (exact) mass is 372 g/mol. The van der Waals surface area contributed by atoms with Gasteiger partial charge in [-0.2, -0.15) is 0 Å². The van der Waals surface area contributed by atoms with Crippen molar-refractivity contribution in [3.05, 3.63) is 35.1 Å². The van der Waals surface area contributed by atoms with Crippen molar-refractivity contribution in [1.82, 2.24) is 10.2 Å². The molecule has 0 aromatic heterocycles. The lowest BCUT2D eigenvalue weighted by molar-refractivity contribution is 0.0601. The van der Waals surface area contributed by atoms with Gasteiger partial charge < -0.3 is 19.7 Å². The van der Waals surface area contributed by atoms with Crippen LogP contribution in [0.25, 0.3) is 0 Å². The molecule has 7 heteroatoms. The van der Waals surface area contributed by atoms with Gasteiger partial charge in [-0.05, 0) is 44.0 Å². The molecule has 5 nitrogen and oxygen atoms in total. The molecule has 1 N–H and O–H groups in total. The second-order valence-corrected chi connectivity index (χ2v) is 6.44. The normalized spacial score (nSPS) is 22.4. The number of hydrogen-bond donors (Lipinski definition) is 1. The van der Waals surface area contributed by atoms with Gasteiger partial charge in [0.2, 0.25) is 0 Å². The van der Waals surface area contributed by atoms with E-state index in [9.17, 15) is 9.18 Å². The third-order valence-electron chi connectivity index (χ3n) is 4.87. The fourth-order valence-corrected chi connectivity index (χ4v) is 3.61. The molecule has 1 aromatic carbocycles. The second kappa shape index (κ2) is 9.48. The summed E-state index contributed by atoms with van der Waals surface area (Å²) in [5.41, 5.74) is 0.956. The van der Waals surface area contributed by atoms with Gasteiger partial charge in [0.05, 0.1) is 19.8 Å². The van der Waals surface area contributed by atoms with Gasteiger partial charge in [0.25, 0.3) is 5.91 Å². The molecule has 25 heavy (non-hydrogen) atoms.